The number of aromatic nitrogens is 1. The Morgan fingerprint density at radius 2 is 2.31 bits per heavy atom. The quantitative estimate of drug-likeness (QED) is 0.828. The SMILES string of the molecule is CNCc1cc2cccc(Br)c2[nH]1. The number of hydrogen-bond acceptors (Lipinski definition) is 1. The Bertz CT molecular complexity index is 420. The first-order valence-electron chi connectivity index (χ1n) is 4.22. The van der Waals surface area contributed by atoms with Crippen molar-refractivity contribution in [2.24, 2.45) is 0 Å². The van der Waals surface area contributed by atoms with E-state index in [1.165, 1.54) is 16.6 Å². The summed E-state index contributed by atoms with van der Waals surface area (Å²) in [6.45, 7) is 0.876. The second-order valence-corrected chi connectivity index (χ2v) is 3.88. The third-order valence-corrected chi connectivity index (χ3v) is 2.69. The molecule has 0 unspecified atom stereocenters. The molecule has 2 aromatic rings. The van der Waals surface area contributed by atoms with Crippen LogP contribution in [0.5, 0.6) is 0 Å². The third-order valence-electron chi connectivity index (χ3n) is 2.03. The summed E-state index contributed by atoms with van der Waals surface area (Å²) in [5.74, 6) is 0. The van der Waals surface area contributed by atoms with Crippen molar-refractivity contribution in [3.05, 3.63) is 34.4 Å². The average molecular weight is 239 g/mol. The smallest absolute Gasteiger partial charge is 0.0600 e. The molecule has 0 spiro atoms. The minimum absolute atomic E-state index is 0.876. The van der Waals surface area contributed by atoms with Crippen LogP contribution in [0.2, 0.25) is 0 Å². The van der Waals surface area contributed by atoms with Crippen molar-refractivity contribution in [1.29, 1.82) is 0 Å². The van der Waals surface area contributed by atoms with Crippen LogP contribution in [0.4, 0.5) is 0 Å². The molecule has 3 heteroatoms. The van der Waals surface area contributed by atoms with Crippen molar-refractivity contribution < 1.29 is 0 Å². The first-order valence-corrected chi connectivity index (χ1v) is 5.01. The zero-order valence-electron chi connectivity index (χ0n) is 7.39. The highest BCUT2D eigenvalue weighted by atomic mass is 79.9. The molecule has 0 saturated heterocycles. The summed E-state index contributed by atoms with van der Waals surface area (Å²) in [6, 6.07) is 8.36. The lowest BCUT2D eigenvalue weighted by atomic mass is 10.2. The summed E-state index contributed by atoms with van der Waals surface area (Å²) < 4.78 is 1.12. The maximum absolute atomic E-state index is 3.51. The molecule has 0 radical (unpaired) electrons. The lowest BCUT2D eigenvalue weighted by Gasteiger charge is -1.93. The van der Waals surface area contributed by atoms with Gasteiger partial charge in [0, 0.05) is 22.1 Å². The van der Waals surface area contributed by atoms with Crippen LogP contribution in [0.25, 0.3) is 10.9 Å². The number of hydrogen-bond donors (Lipinski definition) is 2. The molecule has 1 heterocycles. The molecule has 2 nitrogen and oxygen atoms in total. The number of fused-ring (bicyclic) bond motifs is 1. The van der Waals surface area contributed by atoms with Gasteiger partial charge >= 0.3 is 0 Å². The van der Waals surface area contributed by atoms with Gasteiger partial charge in [-0.25, -0.2) is 0 Å². The van der Waals surface area contributed by atoms with Crippen LogP contribution in [0.15, 0.2) is 28.7 Å². The summed E-state index contributed by atoms with van der Waals surface area (Å²) in [5, 5.41) is 4.37. The highest BCUT2D eigenvalue weighted by molar-refractivity contribution is 9.10. The molecule has 0 saturated carbocycles. The predicted molar refractivity (Wildman–Crippen MR) is 58.8 cm³/mol. The molecule has 0 atom stereocenters. The first-order chi connectivity index (χ1) is 6.31. The van der Waals surface area contributed by atoms with Gasteiger partial charge in [-0.3, -0.25) is 0 Å². The molecule has 0 bridgehead atoms. The van der Waals surface area contributed by atoms with Gasteiger partial charge in [-0.1, -0.05) is 12.1 Å². The molecule has 0 aliphatic heterocycles. The zero-order valence-corrected chi connectivity index (χ0v) is 8.98. The normalized spacial score (nSPS) is 10.9. The van der Waals surface area contributed by atoms with Gasteiger partial charge in [0.25, 0.3) is 0 Å². The Hall–Kier alpha value is -0.800. The monoisotopic (exact) mass is 238 g/mol. The van der Waals surface area contributed by atoms with Crippen molar-refractivity contribution in [3.8, 4) is 0 Å². The predicted octanol–water partition coefficient (Wildman–Crippen LogP) is 2.65. The number of rotatable bonds is 2. The van der Waals surface area contributed by atoms with E-state index < -0.39 is 0 Å². The maximum atomic E-state index is 3.51. The van der Waals surface area contributed by atoms with E-state index in [0.717, 1.165) is 11.0 Å². The fraction of sp³-hybridized carbons (Fsp3) is 0.200. The van der Waals surface area contributed by atoms with Crippen LogP contribution in [0, 0.1) is 0 Å². The van der Waals surface area contributed by atoms with E-state index in [-0.39, 0.29) is 0 Å². The maximum Gasteiger partial charge on any atom is 0.0600 e. The molecule has 2 N–H and O–H groups in total. The summed E-state index contributed by atoms with van der Waals surface area (Å²) in [4.78, 5) is 3.36. The van der Waals surface area contributed by atoms with Gasteiger partial charge in [-0.05, 0) is 35.1 Å². The Labute approximate surface area is 85.5 Å². The van der Waals surface area contributed by atoms with Crippen molar-refractivity contribution >= 4 is 26.8 Å². The number of aromatic amines is 1. The molecule has 0 amide bonds. The summed E-state index contributed by atoms with van der Waals surface area (Å²) in [7, 11) is 1.94. The fourth-order valence-corrected chi connectivity index (χ4v) is 1.94. The van der Waals surface area contributed by atoms with Gasteiger partial charge < -0.3 is 10.3 Å². The number of H-pyrrole nitrogens is 1. The third kappa shape index (κ3) is 1.62. The molecular formula is C10H11BrN2. The zero-order chi connectivity index (χ0) is 9.26. The molecule has 68 valence electrons. The van der Waals surface area contributed by atoms with Crippen molar-refractivity contribution in [1.82, 2.24) is 10.3 Å². The van der Waals surface area contributed by atoms with Crippen LogP contribution in [-0.4, -0.2) is 12.0 Å². The Kier molecular flexibility index (Phi) is 2.38. The van der Waals surface area contributed by atoms with Crippen LogP contribution in [0.3, 0.4) is 0 Å². The van der Waals surface area contributed by atoms with Gasteiger partial charge in [0.1, 0.15) is 0 Å². The van der Waals surface area contributed by atoms with E-state index in [2.05, 4.69) is 38.4 Å². The topological polar surface area (TPSA) is 27.8 Å². The summed E-state index contributed by atoms with van der Waals surface area (Å²) in [6.07, 6.45) is 0. The largest absolute Gasteiger partial charge is 0.356 e. The average Bonchev–Trinajstić information content (AvgIpc) is 2.49. The molecule has 13 heavy (non-hydrogen) atoms. The Morgan fingerprint density at radius 1 is 1.46 bits per heavy atom. The van der Waals surface area contributed by atoms with E-state index >= 15 is 0 Å². The fourth-order valence-electron chi connectivity index (χ4n) is 1.46. The van der Waals surface area contributed by atoms with Gasteiger partial charge in [0.15, 0.2) is 0 Å². The van der Waals surface area contributed by atoms with Gasteiger partial charge in [0.05, 0.1) is 5.52 Å². The number of halogens is 1. The van der Waals surface area contributed by atoms with E-state index in [1.54, 1.807) is 0 Å². The molecule has 0 fully saturated rings. The van der Waals surface area contributed by atoms with Crippen LogP contribution >= 0.6 is 15.9 Å². The first kappa shape index (κ1) is 8.78. The molecule has 0 aliphatic rings. The molecule has 0 aliphatic carbocycles. The van der Waals surface area contributed by atoms with E-state index in [9.17, 15) is 0 Å². The van der Waals surface area contributed by atoms with Gasteiger partial charge in [-0.15, -0.1) is 0 Å². The number of benzene rings is 1. The standard InChI is InChI=1S/C10H11BrN2/c1-12-6-8-5-7-3-2-4-9(11)10(7)13-8/h2-5,12-13H,6H2,1H3. The minimum Gasteiger partial charge on any atom is -0.356 e. The van der Waals surface area contributed by atoms with Crippen molar-refractivity contribution in [2.45, 2.75) is 6.54 Å². The van der Waals surface area contributed by atoms with E-state index in [1.807, 2.05) is 19.2 Å². The second kappa shape index (κ2) is 3.52. The highest BCUT2D eigenvalue weighted by Gasteiger charge is 2.01. The highest BCUT2D eigenvalue weighted by Crippen LogP contribution is 2.23. The molecular weight excluding hydrogens is 228 g/mol. The molecule has 1 aromatic heterocycles. The van der Waals surface area contributed by atoms with Crippen molar-refractivity contribution in [3.63, 3.8) is 0 Å². The molecule has 1 aromatic carbocycles. The van der Waals surface area contributed by atoms with E-state index in [4.69, 9.17) is 0 Å². The van der Waals surface area contributed by atoms with Crippen molar-refractivity contribution in [2.75, 3.05) is 7.05 Å². The lowest BCUT2D eigenvalue weighted by molar-refractivity contribution is 0.799. The minimum atomic E-state index is 0.876. The summed E-state index contributed by atoms with van der Waals surface area (Å²) in [5.41, 5.74) is 2.39. The molecule has 2 rings (SSSR count). The van der Waals surface area contributed by atoms with Crippen LogP contribution in [-0.2, 0) is 6.54 Å². The number of nitrogens with one attached hydrogen (secondary N) is 2. The summed E-state index contributed by atoms with van der Waals surface area (Å²) >= 11 is 3.51. The van der Waals surface area contributed by atoms with Gasteiger partial charge in [-0.2, -0.15) is 0 Å². The Morgan fingerprint density at radius 3 is 3.00 bits per heavy atom. The Balaban J connectivity index is 2.55. The number of para-hydroxylation sites is 1. The van der Waals surface area contributed by atoms with E-state index in [0.29, 0.717) is 0 Å². The van der Waals surface area contributed by atoms with Crippen LogP contribution in [0.1, 0.15) is 5.69 Å². The van der Waals surface area contributed by atoms with Gasteiger partial charge in [0.2, 0.25) is 0 Å². The second-order valence-electron chi connectivity index (χ2n) is 3.03. The van der Waals surface area contributed by atoms with Crippen LogP contribution < -0.4 is 5.32 Å². The lowest BCUT2D eigenvalue weighted by Crippen LogP contribution is -2.04.